The number of ether oxygens (including phenoxy) is 1. The average molecular weight is 428 g/mol. The van der Waals surface area contributed by atoms with Crippen LogP contribution in [-0.4, -0.2) is 18.5 Å². The van der Waals surface area contributed by atoms with E-state index in [9.17, 15) is 9.59 Å². The number of fused-ring (bicyclic) bond motifs is 1. The quantitative estimate of drug-likeness (QED) is 0.421. The Labute approximate surface area is 165 Å². The highest BCUT2D eigenvalue weighted by atomic mass is 79.9. The lowest BCUT2D eigenvalue weighted by molar-refractivity contribution is -0.111. The summed E-state index contributed by atoms with van der Waals surface area (Å²) < 4.78 is 11.7. The predicted octanol–water partition coefficient (Wildman–Crippen LogP) is 5.41. The first-order valence-electron chi connectivity index (χ1n) is 8.50. The molecule has 0 aliphatic rings. The minimum atomic E-state index is -0.406. The molecule has 0 aliphatic heterocycles. The van der Waals surface area contributed by atoms with E-state index in [1.54, 1.807) is 30.3 Å². The number of halogens is 1. The molecule has 0 spiro atoms. The number of anilines is 1. The first-order chi connectivity index (χ1) is 13.0. The summed E-state index contributed by atoms with van der Waals surface area (Å²) >= 11 is 3.41. The minimum absolute atomic E-state index is 0.323. The molecule has 3 rings (SSSR count). The van der Waals surface area contributed by atoms with Crippen LogP contribution >= 0.6 is 15.9 Å². The molecule has 0 radical (unpaired) electrons. The summed E-state index contributed by atoms with van der Waals surface area (Å²) in [7, 11) is 0. The standard InChI is InChI=1S/C21H18BrNO4/c1-2-10-26-21(25)14-4-3-5-17(12-14)23-20(24)9-7-18-13-15-11-16(22)6-8-19(15)27-18/h3-9,11-13H,2,10H2,1H3,(H,23,24)/b9-7+. The maximum atomic E-state index is 12.1. The van der Waals surface area contributed by atoms with Crippen molar-refractivity contribution in [3.8, 4) is 0 Å². The normalized spacial score (nSPS) is 11.0. The second-order valence-corrected chi connectivity index (χ2v) is 6.79. The summed E-state index contributed by atoms with van der Waals surface area (Å²) in [5, 5.41) is 3.67. The second-order valence-electron chi connectivity index (χ2n) is 5.87. The first-order valence-corrected chi connectivity index (χ1v) is 9.30. The van der Waals surface area contributed by atoms with E-state index in [-0.39, 0.29) is 5.91 Å². The molecular weight excluding hydrogens is 410 g/mol. The molecule has 6 heteroatoms. The molecule has 1 amide bonds. The van der Waals surface area contributed by atoms with Gasteiger partial charge in [-0.2, -0.15) is 0 Å². The molecule has 0 unspecified atom stereocenters. The Bertz CT molecular complexity index is 1010. The Hall–Kier alpha value is -2.86. The van der Waals surface area contributed by atoms with Crippen LogP contribution in [0.15, 0.2) is 63.5 Å². The number of benzene rings is 2. The molecule has 0 saturated heterocycles. The van der Waals surface area contributed by atoms with Crippen molar-refractivity contribution < 1.29 is 18.7 Å². The number of furan rings is 1. The highest BCUT2D eigenvalue weighted by Crippen LogP contribution is 2.24. The van der Waals surface area contributed by atoms with Gasteiger partial charge in [0.15, 0.2) is 0 Å². The van der Waals surface area contributed by atoms with Crippen LogP contribution in [-0.2, 0) is 9.53 Å². The fraction of sp³-hybridized carbons (Fsp3) is 0.143. The van der Waals surface area contributed by atoms with Gasteiger partial charge in [0.1, 0.15) is 11.3 Å². The lowest BCUT2D eigenvalue weighted by Crippen LogP contribution is -2.10. The molecule has 5 nitrogen and oxygen atoms in total. The summed E-state index contributed by atoms with van der Waals surface area (Å²) in [6, 6.07) is 14.2. The van der Waals surface area contributed by atoms with Gasteiger partial charge >= 0.3 is 5.97 Å². The van der Waals surface area contributed by atoms with Crippen molar-refractivity contribution in [3.05, 3.63) is 70.4 Å². The van der Waals surface area contributed by atoms with E-state index in [0.29, 0.717) is 23.6 Å². The van der Waals surface area contributed by atoms with Gasteiger partial charge in [-0.1, -0.05) is 28.9 Å². The molecule has 1 N–H and O–H groups in total. The molecule has 2 aromatic carbocycles. The van der Waals surface area contributed by atoms with Crippen LogP contribution in [0.4, 0.5) is 5.69 Å². The van der Waals surface area contributed by atoms with E-state index >= 15 is 0 Å². The number of hydrogen-bond acceptors (Lipinski definition) is 4. The highest BCUT2D eigenvalue weighted by Gasteiger charge is 2.08. The van der Waals surface area contributed by atoms with Gasteiger partial charge in [0.05, 0.1) is 12.2 Å². The summed E-state index contributed by atoms with van der Waals surface area (Å²) in [4.78, 5) is 24.0. The van der Waals surface area contributed by atoms with Crippen LogP contribution in [0.5, 0.6) is 0 Å². The molecule has 0 saturated carbocycles. The third-order valence-electron chi connectivity index (χ3n) is 3.70. The van der Waals surface area contributed by atoms with Crippen LogP contribution in [0.1, 0.15) is 29.5 Å². The van der Waals surface area contributed by atoms with Crippen molar-refractivity contribution in [2.45, 2.75) is 13.3 Å². The van der Waals surface area contributed by atoms with E-state index < -0.39 is 5.97 Å². The van der Waals surface area contributed by atoms with Crippen LogP contribution in [0.2, 0.25) is 0 Å². The fourth-order valence-electron chi connectivity index (χ4n) is 2.46. The summed E-state index contributed by atoms with van der Waals surface area (Å²) in [5.41, 5.74) is 1.66. The fourth-order valence-corrected chi connectivity index (χ4v) is 2.84. The summed E-state index contributed by atoms with van der Waals surface area (Å²) in [5.74, 6) is -0.150. The molecule has 138 valence electrons. The average Bonchev–Trinajstić information content (AvgIpc) is 3.06. The molecule has 0 bridgehead atoms. The van der Waals surface area contributed by atoms with E-state index in [2.05, 4.69) is 21.2 Å². The number of carbonyl (C=O) groups excluding carboxylic acids is 2. The van der Waals surface area contributed by atoms with Crippen LogP contribution < -0.4 is 5.32 Å². The monoisotopic (exact) mass is 427 g/mol. The zero-order valence-corrected chi connectivity index (χ0v) is 16.3. The number of amides is 1. The Balaban J connectivity index is 1.66. The molecule has 0 aliphatic carbocycles. The predicted molar refractivity (Wildman–Crippen MR) is 109 cm³/mol. The van der Waals surface area contributed by atoms with Gasteiger partial charge in [-0.25, -0.2) is 4.79 Å². The van der Waals surface area contributed by atoms with Crippen LogP contribution in [0.25, 0.3) is 17.0 Å². The van der Waals surface area contributed by atoms with E-state index in [1.807, 2.05) is 31.2 Å². The largest absolute Gasteiger partial charge is 0.462 e. The van der Waals surface area contributed by atoms with Crippen molar-refractivity contribution >= 4 is 50.5 Å². The van der Waals surface area contributed by atoms with Crippen molar-refractivity contribution in [2.75, 3.05) is 11.9 Å². The maximum absolute atomic E-state index is 12.1. The van der Waals surface area contributed by atoms with E-state index in [4.69, 9.17) is 9.15 Å². The second kappa shape index (κ2) is 8.68. The van der Waals surface area contributed by atoms with Crippen molar-refractivity contribution in [1.82, 2.24) is 0 Å². The molecule has 3 aromatic rings. The van der Waals surface area contributed by atoms with Gasteiger partial charge in [0.25, 0.3) is 0 Å². The SMILES string of the molecule is CCCOC(=O)c1cccc(NC(=O)/C=C/c2cc3cc(Br)ccc3o2)c1. The third-order valence-corrected chi connectivity index (χ3v) is 4.19. The topological polar surface area (TPSA) is 68.5 Å². The summed E-state index contributed by atoms with van der Waals surface area (Å²) in [6.07, 6.45) is 3.74. The maximum Gasteiger partial charge on any atom is 0.338 e. The lowest BCUT2D eigenvalue weighted by atomic mass is 10.2. The Morgan fingerprint density at radius 3 is 2.85 bits per heavy atom. The van der Waals surface area contributed by atoms with Crippen molar-refractivity contribution in [3.63, 3.8) is 0 Å². The van der Waals surface area contributed by atoms with Crippen LogP contribution in [0.3, 0.4) is 0 Å². The number of nitrogens with one attached hydrogen (secondary N) is 1. The number of esters is 1. The van der Waals surface area contributed by atoms with Gasteiger partial charge in [-0.3, -0.25) is 4.79 Å². The van der Waals surface area contributed by atoms with Gasteiger partial charge < -0.3 is 14.5 Å². The lowest BCUT2D eigenvalue weighted by Gasteiger charge is -2.06. The zero-order chi connectivity index (χ0) is 19.2. The summed E-state index contributed by atoms with van der Waals surface area (Å²) in [6.45, 7) is 2.29. The Morgan fingerprint density at radius 1 is 1.19 bits per heavy atom. The molecule has 1 aromatic heterocycles. The molecule has 27 heavy (non-hydrogen) atoms. The Morgan fingerprint density at radius 2 is 2.04 bits per heavy atom. The number of rotatable bonds is 6. The van der Waals surface area contributed by atoms with Crippen molar-refractivity contribution in [1.29, 1.82) is 0 Å². The van der Waals surface area contributed by atoms with Crippen molar-refractivity contribution in [2.24, 2.45) is 0 Å². The smallest absolute Gasteiger partial charge is 0.338 e. The minimum Gasteiger partial charge on any atom is -0.462 e. The zero-order valence-electron chi connectivity index (χ0n) is 14.7. The first kappa shape index (κ1) is 18.9. The van der Waals surface area contributed by atoms with E-state index in [0.717, 1.165) is 21.9 Å². The third kappa shape index (κ3) is 5.08. The highest BCUT2D eigenvalue weighted by molar-refractivity contribution is 9.10. The number of hydrogen-bond donors (Lipinski definition) is 1. The van der Waals surface area contributed by atoms with E-state index in [1.165, 1.54) is 6.08 Å². The van der Waals surface area contributed by atoms with Gasteiger partial charge in [0, 0.05) is 21.6 Å². The molecule has 1 heterocycles. The van der Waals surface area contributed by atoms with Gasteiger partial charge in [0.2, 0.25) is 5.91 Å². The molecule has 0 atom stereocenters. The molecular formula is C21H18BrNO4. The Kier molecular flexibility index (Phi) is 6.08. The van der Waals surface area contributed by atoms with Gasteiger partial charge in [-0.05, 0) is 55.0 Å². The van der Waals surface area contributed by atoms with Gasteiger partial charge in [-0.15, -0.1) is 0 Å². The molecule has 0 fully saturated rings. The number of carbonyl (C=O) groups is 2. The van der Waals surface area contributed by atoms with Crippen LogP contribution in [0, 0.1) is 0 Å².